The monoisotopic (exact) mass is 235 g/mol. The van der Waals surface area contributed by atoms with Crippen molar-refractivity contribution in [3.05, 3.63) is 24.0 Å². The van der Waals surface area contributed by atoms with Crippen molar-refractivity contribution in [1.82, 2.24) is 10.1 Å². The van der Waals surface area contributed by atoms with E-state index in [1.54, 1.807) is 6.26 Å². The zero-order valence-corrected chi connectivity index (χ0v) is 10.1. The summed E-state index contributed by atoms with van der Waals surface area (Å²) >= 11 is 0. The topological polar surface area (TPSA) is 78.1 Å². The normalized spacial score (nSPS) is 12.9. The van der Waals surface area contributed by atoms with E-state index >= 15 is 0 Å². The van der Waals surface area contributed by atoms with Gasteiger partial charge in [0.25, 0.3) is 0 Å². The van der Waals surface area contributed by atoms with E-state index in [4.69, 9.17) is 14.7 Å². The third kappa shape index (κ3) is 2.74. The van der Waals surface area contributed by atoms with E-state index in [2.05, 4.69) is 17.1 Å². The number of aromatic nitrogens is 2. The van der Waals surface area contributed by atoms with Crippen LogP contribution in [0.5, 0.6) is 0 Å². The van der Waals surface area contributed by atoms with Gasteiger partial charge < -0.3 is 14.7 Å². The Morgan fingerprint density at radius 1 is 1.47 bits per heavy atom. The Balaban J connectivity index is 2.04. The van der Waals surface area contributed by atoms with Gasteiger partial charge in [0.2, 0.25) is 11.7 Å². The molecule has 1 atom stereocenters. The van der Waals surface area contributed by atoms with Gasteiger partial charge in [-0.1, -0.05) is 12.1 Å². The molecule has 0 radical (unpaired) electrons. The number of rotatable bonds is 5. The smallest absolute Gasteiger partial charge is 0.226 e. The molecule has 0 saturated carbocycles. The van der Waals surface area contributed by atoms with Crippen LogP contribution in [0.15, 0.2) is 21.3 Å². The minimum absolute atomic E-state index is 0.473. The summed E-state index contributed by atoms with van der Waals surface area (Å²) in [6, 6.07) is 1.84. The highest BCUT2D eigenvalue weighted by Gasteiger charge is 2.13. The molecule has 0 aliphatic carbocycles. The molecule has 1 unspecified atom stereocenters. The maximum Gasteiger partial charge on any atom is 0.226 e. The van der Waals surface area contributed by atoms with E-state index in [1.165, 1.54) is 0 Å². The van der Waals surface area contributed by atoms with Crippen molar-refractivity contribution < 1.29 is 8.94 Å². The fourth-order valence-corrected chi connectivity index (χ4v) is 1.57. The number of hydrogen-bond donors (Lipinski definition) is 1. The minimum atomic E-state index is 0.473. The largest absolute Gasteiger partial charge is 0.469 e. The van der Waals surface area contributed by atoms with E-state index in [0.717, 1.165) is 24.2 Å². The molecule has 2 rings (SSSR count). The molecule has 0 saturated heterocycles. The lowest BCUT2D eigenvalue weighted by Gasteiger charge is -2.03. The molecule has 0 fully saturated rings. The van der Waals surface area contributed by atoms with Crippen molar-refractivity contribution in [2.75, 3.05) is 6.54 Å². The lowest BCUT2D eigenvalue weighted by molar-refractivity contribution is 0.366. The van der Waals surface area contributed by atoms with Crippen LogP contribution in [0.1, 0.15) is 25.0 Å². The number of hydrogen-bond acceptors (Lipinski definition) is 5. The summed E-state index contributed by atoms with van der Waals surface area (Å²) in [5.74, 6) is 2.52. The molecular weight excluding hydrogens is 218 g/mol. The highest BCUT2D eigenvalue weighted by atomic mass is 16.5. The minimum Gasteiger partial charge on any atom is -0.469 e. The van der Waals surface area contributed by atoms with Crippen molar-refractivity contribution in [3.8, 4) is 11.4 Å². The number of furan rings is 1. The molecular formula is C12H17N3O2. The lowest BCUT2D eigenvalue weighted by Crippen LogP contribution is -2.11. The van der Waals surface area contributed by atoms with Crippen LogP contribution >= 0.6 is 0 Å². The van der Waals surface area contributed by atoms with Crippen LogP contribution in [0, 0.1) is 12.8 Å². The Labute approximate surface area is 100.0 Å². The van der Waals surface area contributed by atoms with Gasteiger partial charge in [-0.15, -0.1) is 0 Å². The molecule has 0 aliphatic heterocycles. The number of aryl methyl sites for hydroxylation is 2. The Morgan fingerprint density at radius 2 is 2.29 bits per heavy atom. The van der Waals surface area contributed by atoms with E-state index in [-0.39, 0.29) is 0 Å². The molecule has 2 aromatic rings. The maximum absolute atomic E-state index is 5.56. The first-order valence-corrected chi connectivity index (χ1v) is 5.78. The van der Waals surface area contributed by atoms with Crippen LogP contribution < -0.4 is 5.73 Å². The van der Waals surface area contributed by atoms with Crippen LogP contribution in [-0.4, -0.2) is 16.7 Å². The molecule has 0 bridgehead atoms. The van der Waals surface area contributed by atoms with Crippen molar-refractivity contribution >= 4 is 0 Å². The molecule has 5 nitrogen and oxygen atoms in total. The second kappa shape index (κ2) is 5.14. The molecule has 0 amide bonds. The molecule has 2 N–H and O–H groups in total. The van der Waals surface area contributed by atoms with E-state index in [9.17, 15) is 0 Å². The second-order valence-electron chi connectivity index (χ2n) is 4.28. The Bertz CT molecular complexity index is 476. The SMILES string of the molecule is Cc1occc1-c1noc(CCC(C)CN)n1. The standard InChI is InChI=1S/C12H17N3O2/c1-8(7-13)3-4-11-14-12(15-17-11)10-5-6-16-9(10)2/h5-6,8H,3-4,7,13H2,1-2H3. The van der Waals surface area contributed by atoms with Crippen molar-refractivity contribution in [2.24, 2.45) is 11.7 Å². The van der Waals surface area contributed by atoms with Gasteiger partial charge in [0.1, 0.15) is 5.76 Å². The number of nitrogens with zero attached hydrogens (tertiary/aromatic N) is 2. The molecule has 17 heavy (non-hydrogen) atoms. The third-order valence-electron chi connectivity index (χ3n) is 2.82. The van der Waals surface area contributed by atoms with E-state index in [1.807, 2.05) is 13.0 Å². The van der Waals surface area contributed by atoms with Crippen LogP contribution in [0.3, 0.4) is 0 Å². The van der Waals surface area contributed by atoms with E-state index < -0.39 is 0 Å². The average molecular weight is 235 g/mol. The molecule has 5 heteroatoms. The van der Waals surface area contributed by atoms with Crippen molar-refractivity contribution in [1.29, 1.82) is 0 Å². The first-order chi connectivity index (χ1) is 8.20. The summed E-state index contributed by atoms with van der Waals surface area (Å²) in [5.41, 5.74) is 6.44. The van der Waals surface area contributed by atoms with Gasteiger partial charge in [-0.2, -0.15) is 4.98 Å². The van der Waals surface area contributed by atoms with Crippen LogP contribution in [-0.2, 0) is 6.42 Å². The average Bonchev–Trinajstić information content (AvgIpc) is 2.94. The summed E-state index contributed by atoms with van der Waals surface area (Å²) in [5, 5.41) is 3.95. The summed E-state index contributed by atoms with van der Waals surface area (Å²) < 4.78 is 10.4. The Morgan fingerprint density at radius 3 is 2.94 bits per heavy atom. The van der Waals surface area contributed by atoms with Gasteiger partial charge >= 0.3 is 0 Å². The summed E-state index contributed by atoms with van der Waals surface area (Å²) in [6.45, 7) is 4.67. The number of nitrogens with two attached hydrogens (primary N) is 1. The lowest BCUT2D eigenvalue weighted by atomic mass is 10.1. The first kappa shape index (κ1) is 11.9. The summed E-state index contributed by atoms with van der Waals surface area (Å²) in [6.07, 6.45) is 3.35. The van der Waals surface area contributed by atoms with Gasteiger partial charge in [0.15, 0.2) is 0 Å². The summed E-state index contributed by atoms with van der Waals surface area (Å²) in [7, 11) is 0. The van der Waals surface area contributed by atoms with Crippen molar-refractivity contribution in [3.63, 3.8) is 0 Å². The fourth-order valence-electron chi connectivity index (χ4n) is 1.57. The van der Waals surface area contributed by atoms with Crippen LogP contribution in [0.4, 0.5) is 0 Å². The highest BCUT2D eigenvalue weighted by Crippen LogP contribution is 2.21. The molecule has 92 valence electrons. The van der Waals surface area contributed by atoms with Gasteiger partial charge in [-0.25, -0.2) is 0 Å². The van der Waals surface area contributed by atoms with Crippen LogP contribution in [0.2, 0.25) is 0 Å². The van der Waals surface area contributed by atoms with Crippen LogP contribution in [0.25, 0.3) is 11.4 Å². The van der Waals surface area contributed by atoms with Gasteiger partial charge in [-0.3, -0.25) is 0 Å². The third-order valence-corrected chi connectivity index (χ3v) is 2.82. The molecule has 0 spiro atoms. The molecule has 0 aliphatic rings. The Hall–Kier alpha value is -1.62. The molecule has 0 aromatic carbocycles. The first-order valence-electron chi connectivity index (χ1n) is 5.78. The zero-order valence-electron chi connectivity index (χ0n) is 10.1. The predicted octanol–water partition coefficient (Wildman–Crippen LogP) is 2.17. The predicted molar refractivity (Wildman–Crippen MR) is 63.3 cm³/mol. The molecule has 2 aromatic heterocycles. The Kier molecular flexibility index (Phi) is 3.58. The van der Waals surface area contributed by atoms with Gasteiger partial charge in [0, 0.05) is 6.42 Å². The quantitative estimate of drug-likeness (QED) is 0.859. The summed E-state index contributed by atoms with van der Waals surface area (Å²) in [4.78, 5) is 4.34. The van der Waals surface area contributed by atoms with Crippen molar-refractivity contribution in [2.45, 2.75) is 26.7 Å². The van der Waals surface area contributed by atoms with Gasteiger partial charge in [0.05, 0.1) is 11.8 Å². The maximum atomic E-state index is 5.56. The second-order valence-corrected chi connectivity index (χ2v) is 4.28. The van der Waals surface area contributed by atoms with E-state index in [0.29, 0.717) is 24.2 Å². The van der Waals surface area contributed by atoms with Gasteiger partial charge in [-0.05, 0) is 31.9 Å². The molecule has 2 heterocycles. The highest BCUT2D eigenvalue weighted by molar-refractivity contribution is 5.55. The fraction of sp³-hybridized carbons (Fsp3) is 0.500. The zero-order chi connectivity index (χ0) is 12.3.